The van der Waals surface area contributed by atoms with Crippen molar-refractivity contribution in [2.45, 2.75) is 12.8 Å². The van der Waals surface area contributed by atoms with E-state index in [1.54, 1.807) is 6.08 Å². The summed E-state index contributed by atoms with van der Waals surface area (Å²) in [5.41, 5.74) is 0.918. The topological polar surface area (TPSA) is 21.3 Å². The van der Waals surface area contributed by atoms with Gasteiger partial charge in [0.05, 0.1) is 0 Å². The quantitative estimate of drug-likeness (QED) is 0.643. The van der Waals surface area contributed by atoms with E-state index in [2.05, 4.69) is 18.5 Å². The highest BCUT2D eigenvalue weighted by atomic mass is 16.5. The molecule has 0 aliphatic carbocycles. The fraction of sp³-hybridized carbons (Fsp3) is 0.600. The van der Waals surface area contributed by atoms with Crippen LogP contribution in [0.1, 0.15) is 12.8 Å². The van der Waals surface area contributed by atoms with Gasteiger partial charge in [-0.1, -0.05) is 13.2 Å². The van der Waals surface area contributed by atoms with E-state index in [1.165, 1.54) is 0 Å². The summed E-state index contributed by atoms with van der Waals surface area (Å²) in [5, 5.41) is 3.23. The van der Waals surface area contributed by atoms with Crippen LogP contribution in [0.4, 0.5) is 0 Å². The molecular formula is C10H17NO. The van der Waals surface area contributed by atoms with Crippen LogP contribution >= 0.6 is 0 Å². The average Bonchev–Trinajstić information content (AvgIpc) is 2.16. The van der Waals surface area contributed by atoms with E-state index in [9.17, 15) is 0 Å². The first-order valence-corrected chi connectivity index (χ1v) is 4.46. The molecule has 1 N–H and O–H groups in total. The van der Waals surface area contributed by atoms with Gasteiger partial charge in [0.2, 0.25) is 0 Å². The van der Waals surface area contributed by atoms with Crippen LogP contribution in [-0.2, 0) is 4.74 Å². The zero-order chi connectivity index (χ0) is 8.81. The number of allylic oxidation sites excluding steroid dienone is 1. The molecule has 2 nitrogen and oxygen atoms in total. The molecule has 1 aliphatic rings. The second-order valence-corrected chi connectivity index (χ2v) is 3.17. The van der Waals surface area contributed by atoms with E-state index in [1.807, 2.05) is 0 Å². The molecule has 0 atom stereocenters. The van der Waals surface area contributed by atoms with Gasteiger partial charge in [-0.3, -0.25) is 0 Å². The maximum Gasteiger partial charge on any atom is 0.0469 e. The Bertz CT molecular complexity index is 159. The van der Waals surface area contributed by atoms with E-state index in [4.69, 9.17) is 4.74 Å². The van der Waals surface area contributed by atoms with Gasteiger partial charge in [0.15, 0.2) is 0 Å². The number of rotatable bonds is 4. The van der Waals surface area contributed by atoms with Crippen LogP contribution in [0.2, 0.25) is 0 Å². The van der Waals surface area contributed by atoms with E-state index >= 15 is 0 Å². The van der Waals surface area contributed by atoms with E-state index in [0.717, 1.165) is 44.2 Å². The molecule has 1 fully saturated rings. The number of nitrogens with one attached hydrogen (secondary N) is 1. The Morgan fingerprint density at radius 3 is 2.75 bits per heavy atom. The van der Waals surface area contributed by atoms with Gasteiger partial charge in [-0.2, -0.15) is 0 Å². The zero-order valence-corrected chi connectivity index (χ0v) is 7.51. The van der Waals surface area contributed by atoms with Gasteiger partial charge in [0.25, 0.3) is 0 Å². The summed E-state index contributed by atoms with van der Waals surface area (Å²) in [6, 6.07) is 0. The molecule has 0 bridgehead atoms. The average molecular weight is 167 g/mol. The minimum absolute atomic E-state index is 0.746. The Morgan fingerprint density at radius 1 is 1.50 bits per heavy atom. The number of hydrogen-bond acceptors (Lipinski definition) is 2. The van der Waals surface area contributed by atoms with Crippen LogP contribution in [0.25, 0.3) is 0 Å². The van der Waals surface area contributed by atoms with Crippen molar-refractivity contribution in [3.63, 3.8) is 0 Å². The van der Waals surface area contributed by atoms with Crippen LogP contribution in [0.5, 0.6) is 0 Å². The van der Waals surface area contributed by atoms with Crippen molar-refractivity contribution in [3.05, 3.63) is 24.9 Å². The second kappa shape index (κ2) is 4.99. The van der Waals surface area contributed by atoms with Crippen molar-refractivity contribution in [2.24, 2.45) is 5.92 Å². The summed E-state index contributed by atoms with van der Waals surface area (Å²) >= 11 is 0. The summed E-state index contributed by atoms with van der Waals surface area (Å²) in [6.07, 6.45) is 4.08. The molecule has 2 heteroatoms. The number of hydrogen-bond donors (Lipinski definition) is 1. The van der Waals surface area contributed by atoms with Crippen LogP contribution in [0, 0.1) is 5.92 Å². The lowest BCUT2D eigenvalue weighted by molar-refractivity contribution is 0.0671. The molecule has 1 aliphatic heterocycles. The summed E-state index contributed by atoms with van der Waals surface area (Å²) in [6.45, 7) is 10.3. The Balaban J connectivity index is 2.12. The SMILES string of the molecule is C=CC(=C)NCC1CCOCC1. The fourth-order valence-corrected chi connectivity index (χ4v) is 1.30. The predicted molar refractivity (Wildman–Crippen MR) is 50.9 cm³/mol. The first-order chi connectivity index (χ1) is 5.83. The normalized spacial score (nSPS) is 18.7. The maximum absolute atomic E-state index is 5.26. The van der Waals surface area contributed by atoms with Crippen molar-refractivity contribution in [1.29, 1.82) is 0 Å². The van der Waals surface area contributed by atoms with Crippen LogP contribution in [0.15, 0.2) is 24.9 Å². The zero-order valence-electron chi connectivity index (χ0n) is 7.51. The van der Waals surface area contributed by atoms with Gasteiger partial charge in [-0.15, -0.1) is 0 Å². The molecule has 0 spiro atoms. The molecule has 68 valence electrons. The lowest BCUT2D eigenvalue weighted by Gasteiger charge is -2.22. The minimum Gasteiger partial charge on any atom is -0.385 e. The molecule has 0 aromatic carbocycles. The van der Waals surface area contributed by atoms with Gasteiger partial charge < -0.3 is 10.1 Å². The Hall–Kier alpha value is -0.760. The summed E-state index contributed by atoms with van der Waals surface area (Å²) in [5.74, 6) is 0.746. The molecule has 0 aromatic rings. The van der Waals surface area contributed by atoms with Crippen molar-refractivity contribution < 1.29 is 4.74 Å². The van der Waals surface area contributed by atoms with Crippen molar-refractivity contribution in [1.82, 2.24) is 5.32 Å². The smallest absolute Gasteiger partial charge is 0.0469 e. The van der Waals surface area contributed by atoms with Crippen molar-refractivity contribution in [3.8, 4) is 0 Å². The standard InChI is InChI=1S/C10H17NO/c1-3-9(2)11-8-10-4-6-12-7-5-10/h3,10-11H,1-2,4-8H2. The molecule has 0 unspecified atom stereocenters. The van der Waals surface area contributed by atoms with Gasteiger partial charge >= 0.3 is 0 Å². The first-order valence-electron chi connectivity index (χ1n) is 4.46. The second-order valence-electron chi connectivity index (χ2n) is 3.17. The van der Waals surface area contributed by atoms with E-state index in [0.29, 0.717) is 0 Å². The summed E-state index contributed by atoms with van der Waals surface area (Å²) in [7, 11) is 0. The molecule has 0 saturated carbocycles. The van der Waals surface area contributed by atoms with E-state index in [-0.39, 0.29) is 0 Å². The molecule has 0 radical (unpaired) electrons. The van der Waals surface area contributed by atoms with Gasteiger partial charge in [0, 0.05) is 25.5 Å². The van der Waals surface area contributed by atoms with Crippen LogP contribution in [0.3, 0.4) is 0 Å². The monoisotopic (exact) mass is 167 g/mol. The summed E-state index contributed by atoms with van der Waals surface area (Å²) < 4.78 is 5.26. The molecular weight excluding hydrogens is 150 g/mol. The first kappa shape index (κ1) is 9.33. The highest BCUT2D eigenvalue weighted by Crippen LogP contribution is 2.13. The molecule has 1 heterocycles. The molecule has 1 saturated heterocycles. The molecule has 0 amide bonds. The van der Waals surface area contributed by atoms with Gasteiger partial charge in [-0.05, 0) is 24.8 Å². The van der Waals surface area contributed by atoms with Crippen LogP contribution < -0.4 is 5.32 Å². The van der Waals surface area contributed by atoms with Gasteiger partial charge in [0.1, 0.15) is 0 Å². The highest BCUT2D eigenvalue weighted by Gasteiger charge is 2.12. The largest absolute Gasteiger partial charge is 0.385 e. The van der Waals surface area contributed by atoms with Gasteiger partial charge in [-0.25, -0.2) is 0 Å². The van der Waals surface area contributed by atoms with E-state index < -0.39 is 0 Å². The lowest BCUT2D eigenvalue weighted by atomic mass is 10.0. The third-order valence-corrected chi connectivity index (χ3v) is 2.21. The fourth-order valence-electron chi connectivity index (χ4n) is 1.30. The maximum atomic E-state index is 5.26. The molecule has 0 aromatic heterocycles. The molecule has 1 rings (SSSR count). The van der Waals surface area contributed by atoms with Crippen molar-refractivity contribution >= 4 is 0 Å². The Kier molecular flexibility index (Phi) is 3.88. The minimum atomic E-state index is 0.746. The van der Waals surface area contributed by atoms with Crippen molar-refractivity contribution in [2.75, 3.05) is 19.8 Å². The highest BCUT2D eigenvalue weighted by molar-refractivity contribution is 5.08. The predicted octanol–water partition coefficient (Wildman–Crippen LogP) is 1.70. The molecule has 12 heavy (non-hydrogen) atoms. The third kappa shape index (κ3) is 3.09. The van der Waals surface area contributed by atoms with Crippen LogP contribution in [-0.4, -0.2) is 19.8 Å². The number of ether oxygens (including phenoxy) is 1. The lowest BCUT2D eigenvalue weighted by Crippen LogP contribution is -2.26. The third-order valence-electron chi connectivity index (χ3n) is 2.21. The summed E-state index contributed by atoms with van der Waals surface area (Å²) in [4.78, 5) is 0. The Labute approximate surface area is 74.3 Å². The Morgan fingerprint density at radius 2 is 2.17 bits per heavy atom.